The number of carbonyl (C=O) groups is 2. The standard InChI is InChI=1S/C21H24N2O2.ClH/c1-23(19-13-14-22-15-19)21(25)12-11-20(24)18-9-7-17(8-10-18)16-5-3-2-4-6-16;/h2-10,19,22H,11-15H2,1H3;1H. The van der Waals surface area contributed by atoms with E-state index in [9.17, 15) is 9.59 Å². The van der Waals surface area contributed by atoms with Crippen LogP contribution in [0, 0.1) is 0 Å². The molecule has 2 aromatic carbocycles. The van der Waals surface area contributed by atoms with Gasteiger partial charge in [0.2, 0.25) is 5.91 Å². The smallest absolute Gasteiger partial charge is 0.223 e. The second-order valence-corrected chi connectivity index (χ2v) is 6.52. The molecule has 1 aliphatic heterocycles. The third kappa shape index (κ3) is 4.93. The Labute approximate surface area is 161 Å². The van der Waals surface area contributed by atoms with Crippen molar-refractivity contribution < 1.29 is 9.59 Å². The number of Topliss-reactive ketones (excluding diaryl/α,β-unsaturated/α-hetero) is 1. The SMILES string of the molecule is CN(C(=O)CCC(=O)c1ccc(-c2ccccc2)cc1)C1CCNC1.Cl. The minimum absolute atomic E-state index is 0. The summed E-state index contributed by atoms with van der Waals surface area (Å²) in [5.41, 5.74) is 2.88. The van der Waals surface area contributed by atoms with Crippen molar-refractivity contribution in [2.45, 2.75) is 25.3 Å². The first-order chi connectivity index (χ1) is 12.1. The Kier molecular flexibility index (Phi) is 7.37. The molecule has 0 aromatic heterocycles. The lowest BCUT2D eigenvalue weighted by Crippen LogP contribution is -2.38. The Morgan fingerprint density at radius 3 is 2.27 bits per heavy atom. The second kappa shape index (κ2) is 9.51. The first-order valence-corrected chi connectivity index (χ1v) is 8.80. The molecule has 1 unspecified atom stereocenters. The lowest BCUT2D eigenvalue weighted by molar-refractivity contribution is -0.131. The normalized spacial score (nSPS) is 16.0. The highest BCUT2D eigenvalue weighted by Crippen LogP contribution is 2.20. The summed E-state index contributed by atoms with van der Waals surface area (Å²) >= 11 is 0. The van der Waals surface area contributed by atoms with E-state index >= 15 is 0 Å². The second-order valence-electron chi connectivity index (χ2n) is 6.52. The number of nitrogens with one attached hydrogen (secondary N) is 1. The quantitative estimate of drug-likeness (QED) is 0.789. The molecule has 4 nitrogen and oxygen atoms in total. The van der Waals surface area contributed by atoms with Crippen LogP contribution in [0.3, 0.4) is 0 Å². The number of benzene rings is 2. The van der Waals surface area contributed by atoms with E-state index in [4.69, 9.17) is 0 Å². The van der Waals surface area contributed by atoms with Gasteiger partial charge in [0.15, 0.2) is 5.78 Å². The van der Waals surface area contributed by atoms with Gasteiger partial charge in [0.1, 0.15) is 0 Å². The van der Waals surface area contributed by atoms with E-state index in [1.807, 2.05) is 61.6 Å². The van der Waals surface area contributed by atoms with E-state index in [0.29, 0.717) is 5.56 Å². The number of hydrogen-bond donors (Lipinski definition) is 1. The van der Waals surface area contributed by atoms with E-state index in [1.54, 1.807) is 4.90 Å². The van der Waals surface area contributed by atoms with E-state index in [2.05, 4.69) is 5.32 Å². The molecule has 1 heterocycles. The monoisotopic (exact) mass is 372 g/mol. The summed E-state index contributed by atoms with van der Waals surface area (Å²) in [6, 6.07) is 17.9. The Balaban J connectivity index is 0.00000243. The summed E-state index contributed by atoms with van der Waals surface area (Å²) in [7, 11) is 1.83. The molecular formula is C21H25ClN2O2. The highest BCUT2D eigenvalue weighted by atomic mass is 35.5. The van der Waals surface area contributed by atoms with Crippen molar-refractivity contribution in [2.24, 2.45) is 0 Å². The van der Waals surface area contributed by atoms with E-state index in [-0.39, 0.29) is 43.0 Å². The number of rotatable bonds is 6. The Bertz CT molecular complexity index is 725. The van der Waals surface area contributed by atoms with Crippen LogP contribution >= 0.6 is 12.4 Å². The van der Waals surface area contributed by atoms with Crippen LogP contribution in [0.25, 0.3) is 11.1 Å². The Hall–Kier alpha value is -2.17. The predicted molar refractivity (Wildman–Crippen MR) is 107 cm³/mol. The maximum Gasteiger partial charge on any atom is 0.223 e. The molecule has 0 bridgehead atoms. The van der Waals surface area contributed by atoms with Crippen LogP contribution in [0.15, 0.2) is 54.6 Å². The van der Waals surface area contributed by atoms with Crippen LogP contribution in [-0.2, 0) is 4.79 Å². The van der Waals surface area contributed by atoms with Crippen LogP contribution in [0.5, 0.6) is 0 Å². The number of carbonyl (C=O) groups excluding carboxylic acids is 2. The zero-order valence-electron chi connectivity index (χ0n) is 15.0. The average molecular weight is 373 g/mol. The number of halogens is 1. The molecule has 0 spiro atoms. The summed E-state index contributed by atoms with van der Waals surface area (Å²) in [4.78, 5) is 26.4. The van der Waals surface area contributed by atoms with Crippen molar-refractivity contribution in [1.82, 2.24) is 10.2 Å². The fraction of sp³-hybridized carbons (Fsp3) is 0.333. The summed E-state index contributed by atoms with van der Waals surface area (Å²) in [5.74, 6) is 0.0638. The maximum atomic E-state index is 12.4. The average Bonchev–Trinajstić information content (AvgIpc) is 3.21. The molecule has 1 N–H and O–H groups in total. The van der Waals surface area contributed by atoms with Crippen LogP contribution in [0.4, 0.5) is 0 Å². The fourth-order valence-electron chi connectivity index (χ4n) is 3.19. The lowest BCUT2D eigenvalue weighted by atomic mass is 10.0. The molecule has 1 saturated heterocycles. The van der Waals surface area contributed by atoms with Gasteiger partial charge in [0, 0.05) is 38.0 Å². The molecule has 0 radical (unpaired) electrons. The zero-order chi connectivity index (χ0) is 17.6. The van der Waals surface area contributed by atoms with Gasteiger partial charge in [-0.15, -0.1) is 12.4 Å². The van der Waals surface area contributed by atoms with Gasteiger partial charge in [-0.2, -0.15) is 0 Å². The first-order valence-electron chi connectivity index (χ1n) is 8.80. The van der Waals surface area contributed by atoms with Crippen molar-refractivity contribution >= 4 is 24.1 Å². The molecule has 3 rings (SSSR count). The van der Waals surface area contributed by atoms with Gasteiger partial charge < -0.3 is 10.2 Å². The molecule has 1 atom stereocenters. The van der Waals surface area contributed by atoms with Gasteiger partial charge in [-0.1, -0.05) is 54.6 Å². The topological polar surface area (TPSA) is 49.4 Å². The van der Waals surface area contributed by atoms with E-state index in [0.717, 1.165) is 30.6 Å². The third-order valence-electron chi connectivity index (χ3n) is 4.86. The number of ketones is 1. The number of amides is 1. The van der Waals surface area contributed by atoms with Crippen LogP contribution in [-0.4, -0.2) is 42.8 Å². The minimum Gasteiger partial charge on any atom is -0.341 e. The number of likely N-dealkylation sites (N-methyl/N-ethyl adjacent to an activating group) is 1. The Morgan fingerprint density at radius 1 is 1.00 bits per heavy atom. The first kappa shape index (κ1) is 20.1. The number of hydrogen-bond acceptors (Lipinski definition) is 3. The third-order valence-corrected chi connectivity index (χ3v) is 4.86. The van der Waals surface area contributed by atoms with Gasteiger partial charge in [-0.3, -0.25) is 9.59 Å². The molecule has 0 aliphatic carbocycles. The van der Waals surface area contributed by atoms with Crippen molar-refractivity contribution in [3.05, 3.63) is 60.2 Å². The summed E-state index contributed by atoms with van der Waals surface area (Å²) in [6.45, 7) is 1.80. The molecule has 0 saturated carbocycles. The van der Waals surface area contributed by atoms with Gasteiger partial charge >= 0.3 is 0 Å². The van der Waals surface area contributed by atoms with Crippen LogP contribution in [0.2, 0.25) is 0 Å². The van der Waals surface area contributed by atoms with Crippen molar-refractivity contribution in [2.75, 3.05) is 20.1 Å². The zero-order valence-corrected chi connectivity index (χ0v) is 15.8. The molecule has 5 heteroatoms. The molecule has 138 valence electrons. The predicted octanol–water partition coefficient (Wildman–Crippen LogP) is 3.56. The van der Waals surface area contributed by atoms with Crippen molar-refractivity contribution in [3.63, 3.8) is 0 Å². The molecule has 26 heavy (non-hydrogen) atoms. The summed E-state index contributed by atoms with van der Waals surface area (Å²) in [6.07, 6.45) is 1.51. The Morgan fingerprint density at radius 2 is 1.65 bits per heavy atom. The highest BCUT2D eigenvalue weighted by Gasteiger charge is 2.23. The van der Waals surface area contributed by atoms with E-state index < -0.39 is 0 Å². The van der Waals surface area contributed by atoms with Gasteiger partial charge in [0.25, 0.3) is 0 Å². The molecule has 1 fully saturated rings. The molecule has 2 aromatic rings. The number of nitrogens with zero attached hydrogens (tertiary/aromatic N) is 1. The largest absolute Gasteiger partial charge is 0.341 e. The summed E-state index contributed by atoms with van der Waals surface area (Å²) < 4.78 is 0. The fourth-order valence-corrected chi connectivity index (χ4v) is 3.19. The van der Waals surface area contributed by atoms with Gasteiger partial charge in [-0.25, -0.2) is 0 Å². The van der Waals surface area contributed by atoms with Crippen LogP contribution < -0.4 is 5.32 Å². The maximum absolute atomic E-state index is 12.4. The minimum atomic E-state index is 0. The molecule has 1 amide bonds. The van der Waals surface area contributed by atoms with Gasteiger partial charge in [0.05, 0.1) is 0 Å². The van der Waals surface area contributed by atoms with E-state index in [1.165, 1.54) is 0 Å². The molecule has 1 aliphatic rings. The molecular weight excluding hydrogens is 348 g/mol. The van der Waals surface area contributed by atoms with Crippen molar-refractivity contribution in [3.8, 4) is 11.1 Å². The van der Waals surface area contributed by atoms with Gasteiger partial charge in [-0.05, 0) is 24.1 Å². The van der Waals surface area contributed by atoms with Crippen molar-refractivity contribution in [1.29, 1.82) is 0 Å². The highest BCUT2D eigenvalue weighted by molar-refractivity contribution is 5.98. The van der Waals surface area contributed by atoms with Crippen LogP contribution in [0.1, 0.15) is 29.6 Å². The lowest BCUT2D eigenvalue weighted by Gasteiger charge is -2.23. The summed E-state index contributed by atoms with van der Waals surface area (Å²) in [5, 5.41) is 3.26.